The first-order chi connectivity index (χ1) is 8.58. The fraction of sp³-hybridized carbons (Fsp3) is 0.100. The number of carbonyl (C=O) groups excluding carboxylic acids is 1. The summed E-state index contributed by atoms with van der Waals surface area (Å²) in [5.74, 6) is -0.757. The number of nitrogens with zero attached hydrogens (tertiary/aromatic N) is 1. The van der Waals surface area contributed by atoms with Crippen LogP contribution in [-0.4, -0.2) is 27.0 Å². The minimum absolute atomic E-state index is 0.199. The van der Waals surface area contributed by atoms with Gasteiger partial charge in [-0.25, -0.2) is 4.79 Å². The highest BCUT2D eigenvalue weighted by Gasteiger charge is 2.18. The van der Waals surface area contributed by atoms with E-state index in [0.717, 1.165) is 0 Å². The molecular weight excluding hydrogens is 262 g/mol. The summed E-state index contributed by atoms with van der Waals surface area (Å²) in [6.45, 7) is 0. The van der Waals surface area contributed by atoms with E-state index in [-0.39, 0.29) is 5.56 Å². The smallest absolute Gasteiger partial charge is 0.363 e. The molecule has 0 aliphatic heterocycles. The fourth-order valence-electron chi connectivity index (χ4n) is 1.41. The molecule has 0 spiro atoms. The zero-order chi connectivity index (χ0) is 13.1. The summed E-state index contributed by atoms with van der Waals surface area (Å²) in [5.41, 5.74) is 0.739. The fourth-order valence-corrected chi connectivity index (χ4v) is 1.62. The van der Waals surface area contributed by atoms with Gasteiger partial charge < -0.3 is 9.25 Å². The van der Waals surface area contributed by atoms with Gasteiger partial charge in [0.1, 0.15) is 17.4 Å². The molecule has 2 rings (SSSR count). The maximum atomic E-state index is 11.7. The van der Waals surface area contributed by atoms with Crippen LogP contribution in [0.2, 0.25) is 0 Å². The zero-order valence-electron chi connectivity index (χ0n) is 9.23. The summed E-state index contributed by atoms with van der Waals surface area (Å²) in [7, 11) is 1.17. The van der Waals surface area contributed by atoms with Gasteiger partial charge >= 0.3 is 17.3 Å². The first kappa shape index (κ1) is 12.7. The SMILES string of the molecule is CN(OC(=O)c1coc2ccccc12)OS(=O)O. The van der Waals surface area contributed by atoms with E-state index < -0.39 is 17.3 Å². The summed E-state index contributed by atoms with van der Waals surface area (Å²) in [5, 5.41) is 1.08. The summed E-state index contributed by atoms with van der Waals surface area (Å²) < 4.78 is 28.1. The van der Waals surface area contributed by atoms with Gasteiger partial charge in [0, 0.05) is 5.39 Å². The predicted octanol–water partition coefficient (Wildman–Crippen LogP) is 1.50. The number of furan rings is 1. The Morgan fingerprint density at radius 1 is 1.44 bits per heavy atom. The van der Waals surface area contributed by atoms with Crippen molar-refractivity contribution in [3.05, 3.63) is 36.1 Å². The van der Waals surface area contributed by atoms with Crippen LogP contribution >= 0.6 is 0 Å². The van der Waals surface area contributed by atoms with Gasteiger partial charge in [0.15, 0.2) is 0 Å². The Kier molecular flexibility index (Phi) is 3.72. The molecule has 1 atom stereocenters. The molecule has 0 aliphatic rings. The Labute approximate surface area is 104 Å². The van der Waals surface area contributed by atoms with Crippen molar-refractivity contribution in [2.75, 3.05) is 7.05 Å². The Morgan fingerprint density at radius 3 is 2.89 bits per heavy atom. The Hall–Kier alpha value is -1.74. The lowest BCUT2D eigenvalue weighted by Crippen LogP contribution is -2.24. The third-order valence-electron chi connectivity index (χ3n) is 2.08. The molecule has 7 nitrogen and oxygen atoms in total. The van der Waals surface area contributed by atoms with E-state index in [4.69, 9.17) is 8.97 Å². The number of fused-ring (bicyclic) bond motifs is 1. The number of hydroxylamine groups is 2. The lowest BCUT2D eigenvalue weighted by atomic mass is 10.2. The van der Waals surface area contributed by atoms with Gasteiger partial charge in [-0.1, -0.05) is 18.2 Å². The van der Waals surface area contributed by atoms with Crippen LogP contribution in [0.4, 0.5) is 0 Å². The second-order valence-electron chi connectivity index (χ2n) is 3.26. The number of para-hydroxylation sites is 1. The quantitative estimate of drug-likeness (QED) is 0.665. The van der Waals surface area contributed by atoms with E-state index in [0.29, 0.717) is 16.2 Å². The number of hydrogen-bond donors (Lipinski definition) is 1. The van der Waals surface area contributed by atoms with E-state index in [1.165, 1.54) is 13.3 Å². The molecule has 1 aromatic heterocycles. The van der Waals surface area contributed by atoms with Gasteiger partial charge in [0.05, 0.1) is 7.05 Å². The molecule has 0 fully saturated rings. The summed E-state index contributed by atoms with van der Waals surface area (Å²) in [6.07, 6.45) is 1.25. The van der Waals surface area contributed by atoms with Crippen LogP contribution < -0.4 is 0 Å². The molecule has 96 valence electrons. The number of carbonyl (C=O) groups is 1. The van der Waals surface area contributed by atoms with Crippen molar-refractivity contribution in [3.63, 3.8) is 0 Å². The first-order valence-corrected chi connectivity index (χ1v) is 5.82. The third kappa shape index (κ3) is 2.74. The average Bonchev–Trinajstić information content (AvgIpc) is 2.71. The third-order valence-corrected chi connectivity index (χ3v) is 2.42. The van der Waals surface area contributed by atoms with Crippen molar-refractivity contribution in [1.82, 2.24) is 5.23 Å². The predicted molar refractivity (Wildman–Crippen MR) is 61.2 cm³/mol. The largest absolute Gasteiger partial charge is 0.463 e. The van der Waals surface area contributed by atoms with Crippen molar-refractivity contribution in [2.24, 2.45) is 0 Å². The molecule has 0 radical (unpaired) electrons. The Balaban J connectivity index is 2.16. The molecule has 1 heterocycles. The molecule has 1 unspecified atom stereocenters. The van der Waals surface area contributed by atoms with Crippen molar-refractivity contribution >= 4 is 28.3 Å². The molecule has 0 amide bonds. The van der Waals surface area contributed by atoms with Crippen LogP contribution in [0.15, 0.2) is 34.9 Å². The zero-order valence-corrected chi connectivity index (χ0v) is 10.0. The summed E-state index contributed by atoms with van der Waals surface area (Å²) in [6, 6.07) is 6.91. The van der Waals surface area contributed by atoms with Crippen LogP contribution in [0, 0.1) is 0 Å². The van der Waals surface area contributed by atoms with Gasteiger partial charge in [-0.2, -0.15) is 4.21 Å². The van der Waals surface area contributed by atoms with E-state index in [1.54, 1.807) is 24.3 Å². The molecule has 0 bridgehead atoms. The molecule has 1 aromatic carbocycles. The van der Waals surface area contributed by atoms with Crippen LogP contribution in [0.5, 0.6) is 0 Å². The normalized spacial score (nSPS) is 12.8. The average molecular weight is 271 g/mol. The van der Waals surface area contributed by atoms with E-state index in [2.05, 4.69) is 9.12 Å². The molecule has 1 N–H and O–H groups in total. The van der Waals surface area contributed by atoms with Crippen molar-refractivity contribution in [2.45, 2.75) is 0 Å². The highest BCUT2D eigenvalue weighted by Crippen LogP contribution is 2.21. The van der Waals surface area contributed by atoms with Crippen LogP contribution in [-0.2, 0) is 20.5 Å². The van der Waals surface area contributed by atoms with Crippen molar-refractivity contribution < 1.29 is 27.1 Å². The molecule has 2 aromatic rings. The number of hydrogen-bond acceptors (Lipinski definition) is 6. The van der Waals surface area contributed by atoms with E-state index >= 15 is 0 Å². The topological polar surface area (TPSA) is 89.2 Å². The van der Waals surface area contributed by atoms with Crippen LogP contribution in [0.1, 0.15) is 10.4 Å². The monoisotopic (exact) mass is 271 g/mol. The van der Waals surface area contributed by atoms with E-state index in [1.807, 2.05) is 0 Å². The molecule has 18 heavy (non-hydrogen) atoms. The van der Waals surface area contributed by atoms with Gasteiger partial charge in [0.2, 0.25) is 0 Å². The molecule has 8 heteroatoms. The van der Waals surface area contributed by atoms with Crippen molar-refractivity contribution in [1.29, 1.82) is 0 Å². The maximum absolute atomic E-state index is 11.7. The van der Waals surface area contributed by atoms with Gasteiger partial charge in [-0.15, -0.1) is 4.28 Å². The minimum Gasteiger partial charge on any atom is -0.463 e. The lowest BCUT2D eigenvalue weighted by molar-refractivity contribution is -0.257. The molecule has 0 saturated heterocycles. The maximum Gasteiger partial charge on any atom is 0.363 e. The second-order valence-corrected chi connectivity index (χ2v) is 3.84. The van der Waals surface area contributed by atoms with Gasteiger partial charge in [0.25, 0.3) is 0 Å². The molecule has 0 saturated carbocycles. The number of rotatable bonds is 4. The Morgan fingerprint density at radius 2 is 2.17 bits per heavy atom. The number of benzene rings is 1. The second kappa shape index (κ2) is 5.27. The standard InChI is InChI=1S/C10H9NO6S/c1-11(17-18(13)14)16-10(12)8-6-15-9-5-3-2-4-7(8)9/h2-6H,1H3,(H,13,14). The van der Waals surface area contributed by atoms with Crippen LogP contribution in [0.25, 0.3) is 11.0 Å². The molecule has 0 aliphatic carbocycles. The Bertz CT molecular complexity index is 595. The lowest BCUT2D eigenvalue weighted by Gasteiger charge is -2.11. The van der Waals surface area contributed by atoms with Crippen molar-refractivity contribution in [3.8, 4) is 0 Å². The van der Waals surface area contributed by atoms with Crippen LogP contribution in [0.3, 0.4) is 0 Å². The first-order valence-electron chi connectivity index (χ1n) is 4.79. The van der Waals surface area contributed by atoms with Gasteiger partial charge in [-0.3, -0.25) is 4.55 Å². The highest BCUT2D eigenvalue weighted by molar-refractivity contribution is 7.74. The molecular formula is C10H9NO6S. The highest BCUT2D eigenvalue weighted by atomic mass is 32.2. The van der Waals surface area contributed by atoms with E-state index in [9.17, 15) is 9.00 Å². The minimum atomic E-state index is -2.56. The summed E-state index contributed by atoms with van der Waals surface area (Å²) >= 11 is -2.56. The summed E-state index contributed by atoms with van der Waals surface area (Å²) in [4.78, 5) is 16.4. The van der Waals surface area contributed by atoms with Gasteiger partial charge in [-0.05, 0) is 11.3 Å².